The van der Waals surface area contributed by atoms with Crippen molar-refractivity contribution in [1.82, 2.24) is 4.98 Å². The van der Waals surface area contributed by atoms with Crippen LogP contribution in [0.4, 0.5) is 5.82 Å². The third kappa shape index (κ3) is 4.28. The molecule has 1 rings (SSSR count). The number of carbonyl (C=O) groups is 2. The summed E-state index contributed by atoms with van der Waals surface area (Å²) in [4.78, 5) is 25.5. The van der Waals surface area contributed by atoms with Gasteiger partial charge >= 0.3 is 5.97 Å². The van der Waals surface area contributed by atoms with Crippen molar-refractivity contribution in [1.29, 1.82) is 0 Å². The number of hydrogen-bond donors (Lipinski definition) is 2. The lowest BCUT2D eigenvalue weighted by atomic mass is 10.3. The molecule has 92 valence electrons. The van der Waals surface area contributed by atoms with E-state index in [1.165, 1.54) is 19.2 Å². The second-order valence-electron chi connectivity index (χ2n) is 3.13. The standard InChI is InChI=1S/C10H11ClN2O4/c1-17-10-6(11)2-3-7(13-10)12-8(14)4-5-9(15)16/h2-3H,4-5H2,1H3,(H,15,16)(H,12,13,14). The third-order valence-corrected chi connectivity index (χ3v) is 2.13. The monoisotopic (exact) mass is 258 g/mol. The zero-order valence-corrected chi connectivity index (χ0v) is 9.82. The van der Waals surface area contributed by atoms with E-state index in [9.17, 15) is 9.59 Å². The van der Waals surface area contributed by atoms with Gasteiger partial charge in [-0.05, 0) is 12.1 Å². The fourth-order valence-corrected chi connectivity index (χ4v) is 1.24. The molecule has 1 aromatic rings. The zero-order valence-electron chi connectivity index (χ0n) is 9.07. The number of aliphatic carboxylic acids is 1. The van der Waals surface area contributed by atoms with E-state index < -0.39 is 11.9 Å². The first-order chi connectivity index (χ1) is 8.02. The molecule has 0 aromatic carbocycles. The van der Waals surface area contributed by atoms with Crippen LogP contribution in [0.15, 0.2) is 12.1 Å². The van der Waals surface area contributed by atoms with Crippen LogP contribution in [0.25, 0.3) is 0 Å². The van der Waals surface area contributed by atoms with E-state index in [0.717, 1.165) is 0 Å². The van der Waals surface area contributed by atoms with Gasteiger partial charge in [-0.2, -0.15) is 4.98 Å². The van der Waals surface area contributed by atoms with Crippen LogP contribution in [0.3, 0.4) is 0 Å². The number of anilines is 1. The maximum Gasteiger partial charge on any atom is 0.303 e. The van der Waals surface area contributed by atoms with Crippen molar-refractivity contribution < 1.29 is 19.4 Å². The first kappa shape index (κ1) is 13.2. The number of carbonyl (C=O) groups excluding carboxylic acids is 1. The van der Waals surface area contributed by atoms with Crippen LogP contribution in [-0.4, -0.2) is 29.1 Å². The Balaban J connectivity index is 2.62. The lowest BCUT2D eigenvalue weighted by Gasteiger charge is -2.06. The van der Waals surface area contributed by atoms with Crippen molar-refractivity contribution in [2.45, 2.75) is 12.8 Å². The minimum absolute atomic E-state index is 0.109. The van der Waals surface area contributed by atoms with Gasteiger partial charge in [0.15, 0.2) is 0 Å². The molecule has 1 aromatic heterocycles. The largest absolute Gasteiger partial charge is 0.481 e. The van der Waals surface area contributed by atoms with Crippen LogP contribution >= 0.6 is 11.6 Å². The Morgan fingerprint density at radius 3 is 2.76 bits per heavy atom. The van der Waals surface area contributed by atoms with Gasteiger partial charge in [-0.1, -0.05) is 11.6 Å². The number of rotatable bonds is 5. The van der Waals surface area contributed by atoms with Crippen molar-refractivity contribution in [3.05, 3.63) is 17.2 Å². The molecular formula is C10H11ClN2O4. The Morgan fingerprint density at radius 2 is 2.18 bits per heavy atom. The topological polar surface area (TPSA) is 88.5 Å². The summed E-state index contributed by atoms with van der Waals surface area (Å²) in [5.74, 6) is -0.990. The Kier molecular flexibility index (Phi) is 4.71. The van der Waals surface area contributed by atoms with Crippen LogP contribution in [0.2, 0.25) is 5.02 Å². The average Bonchev–Trinajstić information content (AvgIpc) is 2.29. The van der Waals surface area contributed by atoms with Gasteiger partial charge in [0.1, 0.15) is 10.8 Å². The van der Waals surface area contributed by atoms with Gasteiger partial charge in [0.25, 0.3) is 0 Å². The number of nitrogens with one attached hydrogen (secondary N) is 1. The van der Waals surface area contributed by atoms with Gasteiger partial charge in [-0.25, -0.2) is 0 Å². The summed E-state index contributed by atoms with van der Waals surface area (Å²) >= 11 is 5.76. The van der Waals surface area contributed by atoms with Crippen molar-refractivity contribution in [3.63, 3.8) is 0 Å². The molecule has 1 heterocycles. The Labute approximate surface area is 103 Å². The number of nitrogens with zero attached hydrogens (tertiary/aromatic N) is 1. The molecule has 0 spiro atoms. The maximum absolute atomic E-state index is 11.3. The number of pyridine rings is 1. The normalized spacial score (nSPS) is 9.76. The van der Waals surface area contributed by atoms with Gasteiger partial charge < -0.3 is 15.2 Å². The zero-order chi connectivity index (χ0) is 12.8. The molecule has 0 radical (unpaired) electrons. The molecule has 17 heavy (non-hydrogen) atoms. The van der Waals surface area contributed by atoms with E-state index in [2.05, 4.69) is 10.3 Å². The molecule has 6 nitrogen and oxygen atoms in total. The molecule has 0 atom stereocenters. The lowest BCUT2D eigenvalue weighted by Crippen LogP contribution is -2.14. The van der Waals surface area contributed by atoms with Gasteiger partial charge in [0.2, 0.25) is 11.8 Å². The number of halogens is 1. The molecule has 0 bridgehead atoms. The van der Waals surface area contributed by atoms with E-state index in [1.54, 1.807) is 0 Å². The van der Waals surface area contributed by atoms with Crippen molar-refractivity contribution >= 4 is 29.3 Å². The van der Waals surface area contributed by atoms with Crippen LogP contribution in [0.5, 0.6) is 5.88 Å². The number of carboxylic acids is 1. The number of carboxylic acid groups (broad SMARTS) is 1. The van der Waals surface area contributed by atoms with Crippen molar-refractivity contribution in [2.24, 2.45) is 0 Å². The molecule has 0 aliphatic carbocycles. The van der Waals surface area contributed by atoms with Crippen LogP contribution < -0.4 is 10.1 Å². The molecule has 0 unspecified atom stereocenters. The number of ether oxygens (including phenoxy) is 1. The minimum atomic E-state index is -1.03. The summed E-state index contributed by atoms with van der Waals surface area (Å²) in [6, 6.07) is 3.03. The van der Waals surface area contributed by atoms with Crippen molar-refractivity contribution in [2.75, 3.05) is 12.4 Å². The Morgan fingerprint density at radius 1 is 1.47 bits per heavy atom. The molecule has 0 aliphatic heterocycles. The SMILES string of the molecule is COc1nc(NC(=O)CCC(=O)O)ccc1Cl. The summed E-state index contributed by atoms with van der Waals surface area (Å²) in [7, 11) is 1.41. The highest BCUT2D eigenvalue weighted by molar-refractivity contribution is 6.31. The number of amides is 1. The van der Waals surface area contributed by atoms with E-state index >= 15 is 0 Å². The second kappa shape index (κ2) is 6.05. The van der Waals surface area contributed by atoms with E-state index in [1.807, 2.05) is 0 Å². The molecule has 2 N–H and O–H groups in total. The highest BCUT2D eigenvalue weighted by Gasteiger charge is 2.08. The van der Waals surface area contributed by atoms with Crippen molar-refractivity contribution in [3.8, 4) is 5.88 Å². The second-order valence-corrected chi connectivity index (χ2v) is 3.54. The van der Waals surface area contributed by atoms with E-state index in [-0.39, 0.29) is 24.5 Å². The van der Waals surface area contributed by atoms with Gasteiger partial charge in [-0.3, -0.25) is 9.59 Å². The molecule has 0 aliphatic rings. The molecular weight excluding hydrogens is 248 g/mol. The van der Waals surface area contributed by atoms with Gasteiger partial charge in [-0.15, -0.1) is 0 Å². The van der Waals surface area contributed by atoms with Crippen LogP contribution in [-0.2, 0) is 9.59 Å². The summed E-state index contributed by atoms with van der Waals surface area (Å²) in [5, 5.41) is 11.2. The highest BCUT2D eigenvalue weighted by Crippen LogP contribution is 2.23. The fourth-order valence-electron chi connectivity index (χ4n) is 1.06. The highest BCUT2D eigenvalue weighted by atomic mass is 35.5. The fraction of sp³-hybridized carbons (Fsp3) is 0.300. The molecule has 7 heteroatoms. The summed E-state index contributed by atoms with van der Waals surface area (Å²) < 4.78 is 4.88. The maximum atomic E-state index is 11.3. The van der Waals surface area contributed by atoms with Gasteiger partial charge in [0.05, 0.1) is 13.5 Å². The Hall–Kier alpha value is -1.82. The summed E-state index contributed by atoms with van der Waals surface area (Å²) in [6.45, 7) is 0. The van der Waals surface area contributed by atoms with Crippen LogP contribution in [0.1, 0.15) is 12.8 Å². The molecule has 0 saturated heterocycles. The lowest BCUT2D eigenvalue weighted by molar-refractivity contribution is -0.138. The van der Waals surface area contributed by atoms with Gasteiger partial charge in [0, 0.05) is 6.42 Å². The van der Waals surface area contributed by atoms with E-state index in [4.69, 9.17) is 21.4 Å². The summed E-state index contributed by atoms with van der Waals surface area (Å²) in [6.07, 6.45) is -0.335. The number of aromatic nitrogens is 1. The van der Waals surface area contributed by atoms with Crippen LogP contribution in [0, 0.1) is 0 Å². The summed E-state index contributed by atoms with van der Waals surface area (Å²) in [5.41, 5.74) is 0. The molecule has 1 amide bonds. The number of methoxy groups -OCH3 is 1. The first-order valence-electron chi connectivity index (χ1n) is 4.75. The van der Waals surface area contributed by atoms with E-state index in [0.29, 0.717) is 5.02 Å². The average molecular weight is 259 g/mol. The number of hydrogen-bond acceptors (Lipinski definition) is 4. The smallest absolute Gasteiger partial charge is 0.303 e. The molecule has 0 fully saturated rings. The first-order valence-corrected chi connectivity index (χ1v) is 5.13. The third-order valence-electron chi connectivity index (χ3n) is 1.84. The molecule has 0 saturated carbocycles. The predicted molar refractivity (Wildman–Crippen MR) is 61.3 cm³/mol. The quantitative estimate of drug-likeness (QED) is 0.836. The Bertz CT molecular complexity index is 436. The minimum Gasteiger partial charge on any atom is -0.481 e. The predicted octanol–water partition coefficient (Wildman–Crippen LogP) is 1.55.